The van der Waals surface area contributed by atoms with E-state index in [4.69, 9.17) is 9.47 Å². The Morgan fingerprint density at radius 3 is 2.55 bits per heavy atom. The Bertz CT molecular complexity index is 1120. The quantitative estimate of drug-likeness (QED) is 0.621. The van der Waals surface area contributed by atoms with Crippen LogP contribution in [0.4, 0.5) is 11.4 Å². The first-order chi connectivity index (χ1) is 15.0. The van der Waals surface area contributed by atoms with Gasteiger partial charge in [-0.3, -0.25) is 14.4 Å². The van der Waals surface area contributed by atoms with Gasteiger partial charge in [0.1, 0.15) is 5.75 Å². The molecule has 0 bridgehead atoms. The van der Waals surface area contributed by atoms with Crippen molar-refractivity contribution in [2.24, 2.45) is 5.92 Å². The van der Waals surface area contributed by atoms with Gasteiger partial charge in [-0.1, -0.05) is 36.4 Å². The summed E-state index contributed by atoms with van der Waals surface area (Å²) in [5.74, 6) is -1.07. The largest absolute Gasteiger partial charge is 0.497 e. The zero-order valence-electron chi connectivity index (χ0n) is 17.0. The Morgan fingerprint density at radius 1 is 1.03 bits per heavy atom. The maximum absolute atomic E-state index is 12.4. The Labute approximate surface area is 179 Å². The molecule has 158 valence electrons. The molecule has 31 heavy (non-hydrogen) atoms. The van der Waals surface area contributed by atoms with Crippen LogP contribution in [0.1, 0.15) is 6.42 Å². The fourth-order valence-corrected chi connectivity index (χ4v) is 3.65. The van der Waals surface area contributed by atoms with Gasteiger partial charge in [0, 0.05) is 29.7 Å². The second-order valence-corrected chi connectivity index (χ2v) is 7.29. The van der Waals surface area contributed by atoms with E-state index in [9.17, 15) is 14.4 Å². The molecule has 0 aromatic heterocycles. The number of benzene rings is 3. The van der Waals surface area contributed by atoms with Crippen molar-refractivity contribution in [1.29, 1.82) is 0 Å². The van der Waals surface area contributed by atoms with Gasteiger partial charge in [0.05, 0.1) is 13.0 Å². The van der Waals surface area contributed by atoms with Crippen molar-refractivity contribution in [1.82, 2.24) is 0 Å². The summed E-state index contributed by atoms with van der Waals surface area (Å²) in [6.45, 7) is -0.190. The Hall–Kier alpha value is -3.87. The summed E-state index contributed by atoms with van der Waals surface area (Å²) in [6, 6.07) is 20.3. The van der Waals surface area contributed by atoms with Gasteiger partial charge in [-0.15, -0.1) is 0 Å². The van der Waals surface area contributed by atoms with Crippen LogP contribution in [0.3, 0.4) is 0 Å². The molecule has 1 heterocycles. The van der Waals surface area contributed by atoms with Crippen LogP contribution in [0.2, 0.25) is 0 Å². The van der Waals surface area contributed by atoms with Crippen molar-refractivity contribution >= 4 is 39.9 Å². The highest BCUT2D eigenvalue weighted by Crippen LogP contribution is 2.27. The fourth-order valence-electron chi connectivity index (χ4n) is 3.65. The first-order valence-electron chi connectivity index (χ1n) is 9.94. The summed E-state index contributed by atoms with van der Waals surface area (Å²) in [7, 11) is 1.57. The summed E-state index contributed by atoms with van der Waals surface area (Å²) in [5, 5.41) is 4.68. The smallest absolute Gasteiger partial charge is 0.311 e. The molecule has 1 aliphatic rings. The Morgan fingerprint density at radius 2 is 1.77 bits per heavy atom. The van der Waals surface area contributed by atoms with E-state index in [1.54, 1.807) is 42.3 Å². The number of hydrogen-bond acceptors (Lipinski definition) is 5. The number of methoxy groups -OCH3 is 1. The Kier molecular flexibility index (Phi) is 5.84. The highest BCUT2D eigenvalue weighted by molar-refractivity contribution is 6.03. The minimum Gasteiger partial charge on any atom is -0.497 e. The van der Waals surface area contributed by atoms with Crippen LogP contribution in [0, 0.1) is 5.92 Å². The summed E-state index contributed by atoms with van der Waals surface area (Å²) in [6.07, 6.45) is 0.0514. The number of rotatable bonds is 6. The predicted octanol–water partition coefficient (Wildman–Crippen LogP) is 3.38. The van der Waals surface area contributed by atoms with E-state index in [0.717, 1.165) is 10.8 Å². The summed E-state index contributed by atoms with van der Waals surface area (Å²) >= 11 is 0. The number of nitrogens with one attached hydrogen (secondary N) is 1. The van der Waals surface area contributed by atoms with E-state index in [1.165, 1.54) is 0 Å². The second-order valence-electron chi connectivity index (χ2n) is 7.29. The van der Waals surface area contributed by atoms with Crippen molar-refractivity contribution in [3.8, 4) is 5.75 Å². The van der Waals surface area contributed by atoms with Crippen molar-refractivity contribution in [2.45, 2.75) is 6.42 Å². The van der Waals surface area contributed by atoms with Crippen molar-refractivity contribution in [3.05, 3.63) is 66.7 Å². The molecule has 1 N–H and O–H groups in total. The molecule has 4 rings (SSSR count). The normalized spacial score (nSPS) is 15.7. The highest BCUT2D eigenvalue weighted by atomic mass is 16.5. The summed E-state index contributed by atoms with van der Waals surface area (Å²) < 4.78 is 10.3. The summed E-state index contributed by atoms with van der Waals surface area (Å²) in [5.41, 5.74) is 1.34. The van der Waals surface area contributed by atoms with Gasteiger partial charge in [0.15, 0.2) is 6.61 Å². The highest BCUT2D eigenvalue weighted by Gasteiger charge is 2.36. The van der Waals surface area contributed by atoms with Crippen molar-refractivity contribution < 1.29 is 23.9 Å². The van der Waals surface area contributed by atoms with Gasteiger partial charge in [-0.2, -0.15) is 0 Å². The van der Waals surface area contributed by atoms with E-state index in [1.807, 2.05) is 36.4 Å². The van der Waals surface area contributed by atoms with Crippen LogP contribution in [0.15, 0.2) is 66.7 Å². The van der Waals surface area contributed by atoms with E-state index in [2.05, 4.69) is 5.32 Å². The zero-order valence-corrected chi connectivity index (χ0v) is 17.0. The lowest BCUT2D eigenvalue weighted by atomic mass is 10.1. The van der Waals surface area contributed by atoms with E-state index < -0.39 is 24.4 Å². The predicted molar refractivity (Wildman–Crippen MR) is 117 cm³/mol. The maximum atomic E-state index is 12.4. The standard InChI is InChI=1S/C24H22N2O5/c1-30-19-11-9-18(10-12-19)26-14-17(13-23(26)28)24(29)31-15-22(27)25-21-8-4-6-16-5-2-3-7-20(16)21/h2-12,17H,13-15H2,1H3,(H,25,27)/t17-/m1/s1. The van der Waals surface area contributed by atoms with Gasteiger partial charge in [-0.05, 0) is 35.7 Å². The monoisotopic (exact) mass is 418 g/mol. The number of amides is 2. The molecule has 3 aromatic carbocycles. The van der Waals surface area contributed by atoms with Gasteiger partial charge < -0.3 is 19.7 Å². The number of nitrogens with zero attached hydrogens (tertiary/aromatic N) is 1. The molecule has 2 amide bonds. The minimum atomic E-state index is -0.611. The maximum Gasteiger partial charge on any atom is 0.311 e. The number of ether oxygens (including phenoxy) is 2. The number of esters is 1. The average molecular weight is 418 g/mol. The van der Waals surface area contributed by atoms with Crippen LogP contribution in [-0.2, 0) is 19.1 Å². The first-order valence-corrected chi connectivity index (χ1v) is 9.94. The fraction of sp³-hybridized carbons (Fsp3) is 0.208. The van der Waals surface area contributed by atoms with Gasteiger partial charge in [0.2, 0.25) is 5.91 Å². The van der Waals surface area contributed by atoms with Crippen LogP contribution in [0.25, 0.3) is 10.8 Å². The average Bonchev–Trinajstić information content (AvgIpc) is 3.19. The number of anilines is 2. The van der Waals surface area contributed by atoms with Gasteiger partial charge in [0.25, 0.3) is 5.91 Å². The topological polar surface area (TPSA) is 84.9 Å². The molecule has 0 spiro atoms. The lowest BCUT2D eigenvalue weighted by Gasteiger charge is -2.17. The lowest BCUT2D eigenvalue weighted by molar-refractivity contribution is -0.151. The molecular weight excluding hydrogens is 396 g/mol. The number of carbonyl (C=O) groups is 3. The van der Waals surface area contributed by atoms with Crippen molar-refractivity contribution in [2.75, 3.05) is 30.5 Å². The molecule has 0 radical (unpaired) electrons. The second kappa shape index (κ2) is 8.87. The first kappa shape index (κ1) is 20.4. The molecule has 0 aliphatic carbocycles. The minimum absolute atomic E-state index is 0.0514. The van der Waals surface area contributed by atoms with Crippen LogP contribution < -0.4 is 15.0 Å². The molecule has 1 saturated heterocycles. The van der Waals surface area contributed by atoms with Crippen molar-refractivity contribution in [3.63, 3.8) is 0 Å². The van der Waals surface area contributed by atoms with Gasteiger partial charge >= 0.3 is 5.97 Å². The lowest BCUT2D eigenvalue weighted by Crippen LogP contribution is -2.28. The molecule has 0 saturated carbocycles. The molecule has 7 nitrogen and oxygen atoms in total. The molecule has 7 heteroatoms. The molecule has 0 unspecified atom stereocenters. The molecular formula is C24H22N2O5. The van der Waals surface area contributed by atoms with Crippen LogP contribution in [0.5, 0.6) is 5.75 Å². The van der Waals surface area contributed by atoms with Crippen LogP contribution in [-0.4, -0.2) is 38.0 Å². The van der Waals surface area contributed by atoms with E-state index in [-0.39, 0.29) is 18.9 Å². The molecule has 1 aliphatic heterocycles. The third kappa shape index (κ3) is 4.50. The molecule has 1 fully saturated rings. The molecule has 3 aromatic rings. The SMILES string of the molecule is COc1ccc(N2C[C@H](C(=O)OCC(=O)Nc3cccc4ccccc34)CC2=O)cc1. The third-order valence-corrected chi connectivity index (χ3v) is 5.25. The molecule has 1 atom stereocenters. The van der Waals surface area contributed by atoms with Gasteiger partial charge in [-0.25, -0.2) is 0 Å². The number of hydrogen-bond donors (Lipinski definition) is 1. The zero-order chi connectivity index (χ0) is 21.8. The van der Waals surface area contributed by atoms with E-state index in [0.29, 0.717) is 17.1 Å². The van der Waals surface area contributed by atoms with Crippen LogP contribution >= 0.6 is 0 Å². The van der Waals surface area contributed by atoms with E-state index >= 15 is 0 Å². The third-order valence-electron chi connectivity index (χ3n) is 5.25. The summed E-state index contributed by atoms with van der Waals surface area (Å²) in [4.78, 5) is 38.6. The Balaban J connectivity index is 1.33. The number of carbonyl (C=O) groups excluding carboxylic acids is 3. The number of fused-ring (bicyclic) bond motifs is 1.